The number of H-pyrrole nitrogens is 2. The molecule has 0 bridgehead atoms. The molecule has 0 atom stereocenters. The molecule has 25 heteroatoms. The molecule has 0 amide bonds. The Morgan fingerprint density at radius 2 is 1.01 bits per heavy atom. The van der Waals surface area contributed by atoms with Crippen molar-refractivity contribution in [2.24, 2.45) is 0 Å². The van der Waals surface area contributed by atoms with Gasteiger partial charge >= 0.3 is 0 Å². The summed E-state index contributed by atoms with van der Waals surface area (Å²) in [6, 6.07) is 29.5. The molecular weight excluding hydrogens is 992 g/mol. The monoisotopic (exact) mass is 1040 g/mol. The normalized spacial score (nSPS) is 13.8. The molecule has 2 saturated heterocycles. The number of nitrogen functional groups attached to an aromatic ring is 1. The van der Waals surface area contributed by atoms with E-state index in [4.69, 9.17) is 25.9 Å². The molecule has 376 valence electrons. The number of ether oxygens (including phenoxy) is 2. The molecule has 22 nitrogen and oxygen atoms in total. The van der Waals surface area contributed by atoms with Crippen LogP contribution < -0.4 is 20.3 Å². The van der Waals surface area contributed by atoms with Gasteiger partial charge < -0.3 is 35.0 Å². The van der Waals surface area contributed by atoms with Crippen LogP contribution in [0.4, 0.5) is 34.4 Å². The molecule has 4 aromatic carbocycles. The number of nitro groups is 2. The van der Waals surface area contributed by atoms with E-state index in [0.29, 0.717) is 30.0 Å². The Hall–Kier alpha value is -7.77. The van der Waals surface area contributed by atoms with Gasteiger partial charge in [-0.3, -0.25) is 25.0 Å². The number of rotatable bonds is 12. The Morgan fingerprint density at radius 3 is 1.42 bits per heavy atom. The summed E-state index contributed by atoms with van der Waals surface area (Å²) in [5.74, 6) is 1.20. The van der Waals surface area contributed by atoms with Crippen LogP contribution in [0, 0.1) is 20.2 Å². The van der Waals surface area contributed by atoms with Crippen molar-refractivity contribution in [2.45, 2.75) is 18.9 Å². The Morgan fingerprint density at radius 1 is 0.611 bits per heavy atom. The number of fused-ring (bicyclic) bond motifs is 2. The molecule has 0 radical (unpaired) electrons. The minimum atomic E-state index is -3.70. The molecule has 2 aliphatic rings. The molecule has 0 aliphatic carbocycles. The SMILES string of the molecule is C.Nc1ccc(-c2cc3c(N4CCOCC4)ncnc3[nH]2)cc1.O=[N+]([O-])c1ccc(CS(=O)(=O)Cl)cc1.O=[N+]([O-])c1ccc(CS(=O)(=O)Nc2ccc(-c3cc4c(N5CCOCC5)ncnc4[nH]3)cc2)cc1. The molecule has 0 saturated carbocycles. The second-order valence-corrected chi connectivity index (χ2v) is 20.6. The number of nitrogens with one attached hydrogen (secondary N) is 3. The zero-order valence-corrected chi connectivity index (χ0v) is 39.9. The van der Waals surface area contributed by atoms with Gasteiger partial charge in [0.2, 0.25) is 19.1 Å². The second-order valence-electron chi connectivity index (χ2n) is 16.1. The lowest BCUT2D eigenvalue weighted by Gasteiger charge is -2.27. The largest absolute Gasteiger partial charge is 0.399 e. The number of aromatic amines is 2. The van der Waals surface area contributed by atoms with Crippen LogP contribution in [0.3, 0.4) is 0 Å². The molecule has 4 aromatic heterocycles. The summed E-state index contributed by atoms with van der Waals surface area (Å²) in [6.07, 6.45) is 3.15. The number of morpholine rings is 2. The molecule has 72 heavy (non-hydrogen) atoms. The third-order valence-electron chi connectivity index (χ3n) is 11.1. The zero-order valence-electron chi connectivity index (χ0n) is 37.6. The summed E-state index contributed by atoms with van der Waals surface area (Å²) in [5.41, 5.74) is 13.0. The average Bonchev–Trinajstić information content (AvgIpc) is 4.01. The Labute approximate surface area is 418 Å². The van der Waals surface area contributed by atoms with Crippen molar-refractivity contribution in [2.75, 3.05) is 72.9 Å². The predicted molar refractivity (Wildman–Crippen MR) is 277 cm³/mol. The van der Waals surface area contributed by atoms with Crippen molar-refractivity contribution in [1.29, 1.82) is 0 Å². The maximum atomic E-state index is 12.6. The fraction of sp³-hybridized carbons (Fsp3) is 0.234. The first-order valence-electron chi connectivity index (χ1n) is 21.8. The summed E-state index contributed by atoms with van der Waals surface area (Å²) in [7, 11) is -2.30. The Balaban J connectivity index is 0.000000175. The van der Waals surface area contributed by atoms with E-state index >= 15 is 0 Å². The number of benzene rings is 4. The molecule has 2 fully saturated rings. The van der Waals surface area contributed by atoms with E-state index in [2.05, 4.69) is 50.5 Å². The number of anilines is 4. The lowest BCUT2D eigenvalue weighted by atomic mass is 10.1. The summed E-state index contributed by atoms with van der Waals surface area (Å²) in [4.78, 5) is 48.7. The minimum absolute atomic E-state index is 0. The number of hydrogen-bond acceptors (Lipinski definition) is 17. The van der Waals surface area contributed by atoms with Crippen LogP contribution in [-0.4, -0.2) is 109 Å². The van der Waals surface area contributed by atoms with Crippen LogP contribution in [0.5, 0.6) is 0 Å². The molecule has 8 aromatic rings. The van der Waals surface area contributed by atoms with Crippen LogP contribution in [0.1, 0.15) is 18.6 Å². The van der Waals surface area contributed by atoms with Gasteiger partial charge in [-0.15, -0.1) is 0 Å². The maximum absolute atomic E-state index is 12.6. The minimum Gasteiger partial charge on any atom is -0.399 e. The predicted octanol–water partition coefficient (Wildman–Crippen LogP) is 7.65. The second kappa shape index (κ2) is 23.0. The van der Waals surface area contributed by atoms with Crippen LogP contribution in [-0.2, 0) is 40.1 Å². The highest BCUT2D eigenvalue weighted by Gasteiger charge is 2.20. The number of non-ortho nitro benzene ring substituents is 2. The summed E-state index contributed by atoms with van der Waals surface area (Å²) in [6.45, 7) is 6.03. The topological polar surface area (TPSA) is 301 Å². The van der Waals surface area contributed by atoms with Crippen LogP contribution in [0.2, 0.25) is 0 Å². The number of sulfonamides is 1. The number of nitro benzene ring substituents is 2. The molecule has 2 aliphatic heterocycles. The van der Waals surface area contributed by atoms with Crippen molar-refractivity contribution in [3.05, 3.63) is 153 Å². The molecule has 10 rings (SSSR count). The fourth-order valence-electron chi connectivity index (χ4n) is 7.66. The number of halogens is 1. The third kappa shape index (κ3) is 13.5. The Kier molecular flexibility index (Phi) is 16.6. The molecule has 0 unspecified atom stereocenters. The van der Waals surface area contributed by atoms with E-state index in [0.717, 1.165) is 101 Å². The number of hydrogen-bond donors (Lipinski definition) is 4. The zero-order chi connectivity index (χ0) is 50.1. The van der Waals surface area contributed by atoms with E-state index in [-0.39, 0.29) is 30.3 Å². The van der Waals surface area contributed by atoms with E-state index < -0.39 is 28.9 Å². The first kappa shape index (κ1) is 52.1. The molecule has 6 heterocycles. The van der Waals surface area contributed by atoms with Gasteiger partial charge in [0.05, 0.1) is 58.6 Å². The van der Waals surface area contributed by atoms with Gasteiger partial charge in [0, 0.05) is 83.9 Å². The standard InChI is InChI=1S/C23H22N6O5S.C16H17N5O.C7H6ClNO4S.CH4/c30-29(31)19-7-1-16(2-8-19)14-35(32,33)27-18-5-3-17(4-6-18)21-13-20-22(26-21)24-15-25-23(20)28-9-11-34-12-10-28;17-12-3-1-11(2-4-12)14-9-13-15(20-14)18-10-19-16(13)21-5-7-22-8-6-21;8-14(12,13)5-6-1-3-7(4-2-6)9(10)11;/h1-8,13,15,27H,9-12,14H2,(H,24,25,26);1-4,9-10H,5-8,17H2,(H,18,19,20);1-4H,5H2;1H4. The lowest BCUT2D eigenvalue weighted by Crippen LogP contribution is -2.36. The third-order valence-corrected chi connectivity index (χ3v) is 13.4. The smallest absolute Gasteiger partial charge is 0.269 e. The van der Waals surface area contributed by atoms with Crippen molar-refractivity contribution >= 4 is 86.2 Å². The molecular formula is C47H49ClN12O10S2. The van der Waals surface area contributed by atoms with Gasteiger partial charge in [-0.1, -0.05) is 56.0 Å². The summed E-state index contributed by atoms with van der Waals surface area (Å²) < 4.78 is 59.8. The van der Waals surface area contributed by atoms with Gasteiger partial charge in [0.25, 0.3) is 11.4 Å². The quantitative estimate of drug-likeness (QED) is 0.0395. The first-order chi connectivity index (χ1) is 34.1. The van der Waals surface area contributed by atoms with Crippen molar-refractivity contribution in [1.82, 2.24) is 29.9 Å². The van der Waals surface area contributed by atoms with E-state index in [1.54, 1.807) is 18.5 Å². The highest BCUT2D eigenvalue weighted by atomic mass is 35.7. The van der Waals surface area contributed by atoms with Crippen molar-refractivity contribution < 1.29 is 36.2 Å². The first-order valence-corrected chi connectivity index (χ1v) is 25.9. The van der Waals surface area contributed by atoms with Gasteiger partial charge in [0.15, 0.2) is 0 Å². The lowest BCUT2D eigenvalue weighted by molar-refractivity contribution is -0.385. The summed E-state index contributed by atoms with van der Waals surface area (Å²) >= 11 is 0. The number of nitrogens with zero attached hydrogens (tertiary/aromatic N) is 8. The van der Waals surface area contributed by atoms with Crippen molar-refractivity contribution in [3.8, 4) is 22.5 Å². The van der Waals surface area contributed by atoms with Gasteiger partial charge in [0.1, 0.15) is 35.6 Å². The molecule has 5 N–H and O–H groups in total. The summed E-state index contributed by atoms with van der Waals surface area (Å²) in [5, 5.41) is 23.0. The van der Waals surface area contributed by atoms with Crippen molar-refractivity contribution in [3.63, 3.8) is 0 Å². The van der Waals surface area contributed by atoms with E-state index in [1.807, 2.05) is 42.5 Å². The van der Waals surface area contributed by atoms with E-state index in [9.17, 15) is 37.1 Å². The van der Waals surface area contributed by atoms with Crippen LogP contribution in [0.15, 0.2) is 122 Å². The molecule has 0 spiro atoms. The average molecular weight is 1040 g/mol. The van der Waals surface area contributed by atoms with Gasteiger partial charge in [-0.25, -0.2) is 36.8 Å². The number of aromatic nitrogens is 6. The van der Waals surface area contributed by atoms with E-state index in [1.165, 1.54) is 54.9 Å². The van der Waals surface area contributed by atoms with Gasteiger partial charge in [-0.2, -0.15) is 0 Å². The number of nitrogens with two attached hydrogens (primary N) is 1. The fourth-order valence-corrected chi connectivity index (χ4v) is 9.83. The highest BCUT2D eigenvalue weighted by molar-refractivity contribution is 8.13. The van der Waals surface area contributed by atoms with Gasteiger partial charge in [-0.05, 0) is 58.7 Å². The maximum Gasteiger partial charge on any atom is 0.269 e. The highest BCUT2D eigenvalue weighted by Crippen LogP contribution is 2.31. The Bertz CT molecular complexity index is 3370. The van der Waals surface area contributed by atoms with Crippen LogP contribution in [0.25, 0.3) is 44.6 Å². The van der Waals surface area contributed by atoms with Crippen LogP contribution >= 0.6 is 10.7 Å².